The van der Waals surface area contributed by atoms with E-state index >= 15 is 4.39 Å². The third-order valence-corrected chi connectivity index (χ3v) is 7.15. The van der Waals surface area contributed by atoms with Gasteiger partial charge in [-0.25, -0.2) is 14.1 Å². The first-order valence-electron chi connectivity index (χ1n) is 11.7. The van der Waals surface area contributed by atoms with Crippen LogP contribution >= 0.6 is 11.6 Å². The van der Waals surface area contributed by atoms with Crippen molar-refractivity contribution in [3.63, 3.8) is 0 Å². The largest absolute Gasteiger partial charge is 0.381 e. The van der Waals surface area contributed by atoms with Gasteiger partial charge in [-0.15, -0.1) is 5.10 Å². The first-order valence-corrected chi connectivity index (χ1v) is 12.1. The highest BCUT2D eigenvalue weighted by Crippen LogP contribution is 2.41. The summed E-state index contributed by atoms with van der Waals surface area (Å²) in [5, 5.41) is 9.62. The number of aromatic nitrogens is 6. The van der Waals surface area contributed by atoms with Gasteiger partial charge in [-0.3, -0.25) is 4.98 Å². The Bertz CT molecular complexity index is 1540. The van der Waals surface area contributed by atoms with E-state index in [4.69, 9.17) is 26.3 Å². The predicted molar refractivity (Wildman–Crippen MR) is 133 cm³/mol. The monoisotopic (exact) mass is 490 g/mol. The van der Waals surface area contributed by atoms with E-state index in [9.17, 15) is 0 Å². The van der Waals surface area contributed by atoms with Crippen molar-refractivity contribution in [2.24, 2.45) is 13.0 Å². The van der Waals surface area contributed by atoms with E-state index in [1.54, 1.807) is 16.8 Å². The van der Waals surface area contributed by atoms with Crippen LogP contribution in [0.1, 0.15) is 30.1 Å². The zero-order chi connectivity index (χ0) is 24.1. The number of pyridine rings is 2. The average Bonchev–Trinajstić information content (AvgIpc) is 3.36. The zero-order valence-corrected chi connectivity index (χ0v) is 20.2. The molecule has 6 rings (SSSR count). The molecule has 1 atom stereocenters. The Hall–Kier alpha value is -3.36. The average molecular weight is 491 g/mol. The van der Waals surface area contributed by atoms with Gasteiger partial charge in [-0.1, -0.05) is 35.0 Å². The zero-order valence-electron chi connectivity index (χ0n) is 19.4. The molecule has 5 heterocycles. The van der Waals surface area contributed by atoms with E-state index in [0.717, 1.165) is 46.2 Å². The molecule has 1 aliphatic heterocycles. The summed E-state index contributed by atoms with van der Waals surface area (Å²) in [7, 11) is 1.86. The Morgan fingerprint density at radius 3 is 2.69 bits per heavy atom. The summed E-state index contributed by atoms with van der Waals surface area (Å²) in [6.45, 7) is 3.21. The summed E-state index contributed by atoms with van der Waals surface area (Å²) in [4.78, 5) is 9.57. The second kappa shape index (κ2) is 8.70. The topological polar surface area (TPSA) is 70.7 Å². The van der Waals surface area contributed by atoms with Crippen molar-refractivity contribution in [1.29, 1.82) is 0 Å². The maximum absolute atomic E-state index is 15.3. The molecule has 1 aliphatic rings. The molecule has 4 aromatic heterocycles. The van der Waals surface area contributed by atoms with Crippen molar-refractivity contribution in [3.8, 4) is 11.3 Å². The third-order valence-electron chi connectivity index (χ3n) is 6.93. The Morgan fingerprint density at radius 2 is 1.94 bits per heavy atom. The van der Waals surface area contributed by atoms with Gasteiger partial charge in [0.2, 0.25) is 0 Å². The minimum Gasteiger partial charge on any atom is -0.381 e. The number of fused-ring (bicyclic) bond motifs is 3. The molecular formula is C26H24ClFN6O. The summed E-state index contributed by atoms with van der Waals surface area (Å²) in [6.07, 6.45) is 3.47. The predicted octanol–water partition coefficient (Wildman–Crippen LogP) is 5.50. The van der Waals surface area contributed by atoms with Crippen LogP contribution in [0.2, 0.25) is 5.15 Å². The van der Waals surface area contributed by atoms with Gasteiger partial charge in [0.1, 0.15) is 16.6 Å². The minimum absolute atomic E-state index is 0.156. The smallest absolute Gasteiger partial charge is 0.144 e. The molecule has 5 aromatic rings. The number of benzene rings is 1. The van der Waals surface area contributed by atoms with Gasteiger partial charge < -0.3 is 9.30 Å². The molecule has 1 aromatic carbocycles. The van der Waals surface area contributed by atoms with Crippen molar-refractivity contribution in [3.05, 3.63) is 70.9 Å². The van der Waals surface area contributed by atoms with E-state index in [0.29, 0.717) is 29.6 Å². The van der Waals surface area contributed by atoms with E-state index in [-0.39, 0.29) is 17.8 Å². The summed E-state index contributed by atoms with van der Waals surface area (Å²) < 4.78 is 24.9. The fourth-order valence-corrected chi connectivity index (χ4v) is 5.51. The van der Waals surface area contributed by atoms with E-state index in [1.807, 2.05) is 38.4 Å². The molecule has 7 nitrogen and oxygen atoms in total. The van der Waals surface area contributed by atoms with Crippen LogP contribution in [0.3, 0.4) is 0 Å². The van der Waals surface area contributed by atoms with Gasteiger partial charge in [-0.2, -0.15) is 0 Å². The molecule has 9 heteroatoms. The molecule has 0 aliphatic carbocycles. The van der Waals surface area contributed by atoms with Crippen LogP contribution in [0.15, 0.2) is 48.7 Å². The quantitative estimate of drug-likeness (QED) is 0.311. The summed E-state index contributed by atoms with van der Waals surface area (Å²) in [6, 6.07) is 12.5. The van der Waals surface area contributed by atoms with Crippen molar-refractivity contribution in [2.75, 3.05) is 13.2 Å². The second-order valence-electron chi connectivity index (χ2n) is 9.03. The van der Waals surface area contributed by atoms with Crippen LogP contribution in [0, 0.1) is 18.7 Å². The number of aryl methyl sites for hydroxylation is 2. The summed E-state index contributed by atoms with van der Waals surface area (Å²) in [5.41, 5.74) is 5.57. The number of halogens is 2. The van der Waals surface area contributed by atoms with Crippen LogP contribution in [-0.2, 0) is 11.8 Å². The Kier molecular flexibility index (Phi) is 5.50. The minimum atomic E-state index is -0.297. The molecule has 1 fully saturated rings. The van der Waals surface area contributed by atoms with Gasteiger partial charge >= 0.3 is 0 Å². The normalized spacial score (nSPS) is 15.8. The number of nitrogens with zero attached hydrogens (tertiary/aromatic N) is 6. The highest BCUT2D eigenvalue weighted by molar-refractivity contribution is 6.30. The summed E-state index contributed by atoms with van der Waals surface area (Å²) in [5.74, 6) is -0.0826. The van der Waals surface area contributed by atoms with Crippen molar-refractivity contribution in [1.82, 2.24) is 29.5 Å². The SMILES string of the molecule is Cc1nnn(C)c1-c1cnc2c3ccc(Cl)nc3n([C@H](c3ccccc3F)C3CCOCC3)c2c1. The molecule has 0 saturated carbocycles. The number of ether oxygens (including phenoxy) is 1. The van der Waals surface area contributed by atoms with E-state index in [2.05, 4.69) is 20.9 Å². The standard InChI is InChI=1S/C26H24ClFN6O/c1-15-24(33(2)32-31-15)17-13-21-23(29-14-17)19-7-8-22(27)30-26(19)34(21)25(16-9-11-35-12-10-16)18-5-3-4-6-20(18)28/h3-8,13-14,16,25H,9-12H2,1-2H3/t25-/m0/s1. The molecule has 1 saturated heterocycles. The lowest BCUT2D eigenvalue weighted by Gasteiger charge is -2.33. The van der Waals surface area contributed by atoms with Crippen LogP contribution in [0.5, 0.6) is 0 Å². The Labute approximate surface area is 206 Å². The Morgan fingerprint density at radius 1 is 1.14 bits per heavy atom. The van der Waals surface area contributed by atoms with Crippen molar-refractivity contribution < 1.29 is 9.13 Å². The van der Waals surface area contributed by atoms with Gasteiger partial charge in [0, 0.05) is 43.0 Å². The molecule has 0 N–H and O–H groups in total. The van der Waals surface area contributed by atoms with Crippen molar-refractivity contribution >= 4 is 33.7 Å². The first-order chi connectivity index (χ1) is 17.0. The number of rotatable bonds is 4. The van der Waals surface area contributed by atoms with Gasteiger partial charge in [0.15, 0.2) is 0 Å². The van der Waals surface area contributed by atoms with Crippen LogP contribution in [-0.4, -0.2) is 42.7 Å². The number of hydrogen-bond donors (Lipinski definition) is 0. The Balaban J connectivity index is 1.69. The molecule has 0 unspecified atom stereocenters. The third kappa shape index (κ3) is 3.68. The fourth-order valence-electron chi connectivity index (χ4n) is 5.37. The van der Waals surface area contributed by atoms with Crippen LogP contribution < -0.4 is 0 Å². The van der Waals surface area contributed by atoms with Gasteiger partial charge in [0.25, 0.3) is 0 Å². The van der Waals surface area contributed by atoms with Gasteiger partial charge in [0.05, 0.1) is 28.5 Å². The molecule has 35 heavy (non-hydrogen) atoms. The maximum Gasteiger partial charge on any atom is 0.144 e. The summed E-state index contributed by atoms with van der Waals surface area (Å²) >= 11 is 6.38. The van der Waals surface area contributed by atoms with Gasteiger partial charge in [-0.05, 0) is 49.9 Å². The van der Waals surface area contributed by atoms with Crippen LogP contribution in [0.25, 0.3) is 33.3 Å². The second-order valence-corrected chi connectivity index (χ2v) is 9.42. The fraction of sp³-hybridized carbons (Fsp3) is 0.308. The van der Waals surface area contributed by atoms with Crippen molar-refractivity contribution in [2.45, 2.75) is 25.8 Å². The highest BCUT2D eigenvalue weighted by Gasteiger charge is 2.32. The van der Waals surface area contributed by atoms with Crippen LogP contribution in [0.4, 0.5) is 4.39 Å². The molecule has 0 spiro atoms. The van der Waals surface area contributed by atoms with E-state index < -0.39 is 0 Å². The molecule has 178 valence electrons. The van der Waals surface area contributed by atoms with E-state index in [1.165, 1.54) is 6.07 Å². The lowest BCUT2D eigenvalue weighted by molar-refractivity contribution is 0.0548. The molecular weight excluding hydrogens is 467 g/mol. The first kappa shape index (κ1) is 22.1. The lowest BCUT2D eigenvalue weighted by atomic mass is 9.86. The molecule has 0 radical (unpaired) electrons. The highest BCUT2D eigenvalue weighted by atomic mass is 35.5. The molecule has 0 amide bonds. The number of hydrogen-bond acceptors (Lipinski definition) is 5. The lowest BCUT2D eigenvalue weighted by Crippen LogP contribution is -2.27. The molecule has 0 bridgehead atoms. The maximum atomic E-state index is 15.3.